The molecule has 1 saturated heterocycles. The van der Waals surface area contributed by atoms with E-state index in [0.717, 1.165) is 37.6 Å². The predicted octanol–water partition coefficient (Wildman–Crippen LogP) is 10.4. The molecule has 1 unspecified atom stereocenters. The average molecular weight is 790 g/mol. The molecule has 0 saturated carbocycles. The van der Waals surface area contributed by atoms with Crippen molar-refractivity contribution in [3.8, 4) is 0 Å². The Balaban J connectivity index is 1.07. The van der Waals surface area contributed by atoms with Crippen LogP contribution in [0.1, 0.15) is 59.1 Å². The molecule has 0 aromatic heterocycles. The van der Waals surface area contributed by atoms with Crippen LogP contribution in [0.25, 0.3) is 0 Å². The van der Waals surface area contributed by atoms with E-state index in [1.165, 1.54) is 52.6 Å². The molecule has 6 aromatic rings. The van der Waals surface area contributed by atoms with Crippen LogP contribution in [0.15, 0.2) is 182 Å². The molecule has 1 aliphatic heterocycles. The molecule has 4 nitrogen and oxygen atoms in total. The van der Waals surface area contributed by atoms with E-state index >= 15 is 0 Å². The fraction of sp³-hybridized carbons (Fsp3) is 0.275. The van der Waals surface area contributed by atoms with Gasteiger partial charge in [-0.25, -0.2) is 0 Å². The predicted molar refractivity (Wildman–Crippen MR) is 243 cm³/mol. The number of nitrogens with zero attached hydrogens (tertiary/aromatic N) is 1. The lowest BCUT2D eigenvalue weighted by atomic mass is 9.84. The molecule has 57 heavy (non-hydrogen) atoms. The first-order chi connectivity index (χ1) is 28.2. The van der Waals surface area contributed by atoms with Crippen LogP contribution in [0.4, 0.5) is 0 Å². The standard InChI is InChI=1S/C51H55N3OS2/c55-49(53-36-41-57-51(45-28-14-4-15-29-45,46-30-16-5-17-31-46)47-32-18-6-19-33-47)48(34-39-54-37-20-7-21-38-54)52-35-40-56-50(42-22-8-1-9-23-42,43-24-10-2-11-25-43)44-26-12-3-13-27-44/h1-6,8-19,22-33,48,52H,7,20-21,34-41H2,(H,53,55). The van der Waals surface area contributed by atoms with Crippen molar-refractivity contribution in [1.82, 2.24) is 15.5 Å². The fourth-order valence-electron chi connectivity index (χ4n) is 8.30. The van der Waals surface area contributed by atoms with Crippen molar-refractivity contribution in [2.24, 2.45) is 0 Å². The van der Waals surface area contributed by atoms with Gasteiger partial charge < -0.3 is 15.5 Å². The summed E-state index contributed by atoms with van der Waals surface area (Å²) in [5, 5.41) is 7.14. The highest BCUT2D eigenvalue weighted by atomic mass is 32.2. The number of hydrogen-bond donors (Lipinski definition) is 2. The van der Waals surface area contributed by atoms with Crippen molar-refractivity contribution in [1.29, 1.82) is 0 Å². The zero-order chi connectivity index (χ0) is 39.0. The average Bonchev–Trinajstić information content (AvgIpc) is 3.29. The van der Waals surface area contributed by atoms with Gasteiger partial charge in [0.15, 0.2) is 0 Å². The molecule has 2 N–H and O–H groups in total. The molecular formula is C51H55N3OS2. The van der Waals surface area contributed by atoms with Crippen molar-refractivity contribution < 1.29 is 4.79 Å². The third kappa shape index (κ3) is 9.93. The largest absolute Gasteiger partial charge is 0.354 e. The number of amides is 1. The number of nitrogens with one attached hydrogen (secondary N) is 2. The van der Waals surface area contributed by atoms with Crippen LogP contribution in [0.5, 0.6) is 0 Å². The summed E-state index contributed by atoms with van der Waals surface area (Å²) in [7, 11) is 0. The Morgan fingerprint density at radius 1 is 0.491 bits per heavy atom. The Bertz CT molecular complexity index is 1850. The molecule has 1 aliphatic rings. The number of piperidine rings is 1. The zero-order valence-electron chi connectivity index (χ0n) is 32.8. The van der Waals surface area contributed by atoms with Gasteiger partial charge in [0.25, 0.3) is 0 Å². The summed E-state index contributed by atoms with van der Waals surface area (Å²) in [4.78, 5) is 16.7. The molecule has 292 valence electrons. The normalized spacial score (nSPS) is 14.2. The first-order valence-electron chi connectivity index (χ1n) is 20.5. The summed E-state index contributed by atoms with van der Waals surface area (Å²) >= 11 is 3.83. The van der Waals surface area contributed by atoms with Gasteiger partial charge in [-0.15, -0.1) is 23.5 Å². The second-order valence-electron chi connectivity index (χ2n) is 14.7. The number of carbonyl (C=O) groups excluding carboxylic acids is 1. The van der Waals surface area contributed by atoms with Crippen LogP contribution in [-0.2, 0) is 14.3 Å². The van der Waals surface area contributed by atoms with Gasteiger partial charge in [0.1, 0.15) is 0 Å². The Kier molecular flexibility index (Phi) is 14.8. The summed E-state index contributed by atoms with van der Waals surface area (Å²) < 4.78 is -0.808. The molecule has 0 spiro atoms. The lowest BCUT2D eigenvalue weighted by Crippen LogP contribution is -2.47. The van der Waals surface area contributed by atoms with Crippen LogP contribution >= 0.6 is 23.5 Å². The fourth-order valence-corrected chi connectivity index (χ4v) is 11.1. The van der Waals surface area contributed by atoms with E-state index in [1.807, 2.05) is 23.5 Å². The maximum atomic E-state index is 14.2. The third-order valence-corrected chi connectivity index (χ3v) is 14.2. The molecule has 0 aliphatic carbocycles. The van der Waals surface area contributed by atoms with Crippen LogP contribution in [-0.4, -0.2) is 61.1 Å². The Hall–Kier alpha value is -4.59. The number of benzene rings is 6. The minimum atomic E-state index is -0.416. The van der Waals surface area contributed by atoms with Crippen LogP contribution in [0, 0.1) is 0 Å². The van der Waals surface area contributed by atoms with E-state index in [2.05, 4.69) is 198 Å². The lowest BCUT2D eigenvalue weighted by molar-refractivity contribution is -0.123. The molecule has 1 fully saturated rings. The molecule has 1 amide bonds. The lowest BCUT2D eigenvalue weighted by Gasteiger charge is -2.36. The summed E-state index contributed by atoms with van der Waals surface area (Å²) in [5.41, 5.74) is 7.45. The Morgan fingerprint density at radius 2 is 0.825 bits per heavy atom. The summed E-state index contributed by atoms with van der Waals surface area (Å²) in [6.07, 6.45) is 4.57. The number of carbonyl (C=O) groups is 1. The van der Waals surface area contributed by atoms with Crippen LogP contribution < -0.4 is 10.6 Å². The topological polar surface area (TPSA) is 44.4 Å². The maximum absolute atomic E-state index is 14.2. The molecule has 0 radical (unpaired) electrons. The summed E-state index contributed by atoms with van der Waals surface area (Å²) in [5.74, 6) is 1.67. The molecule has 1 heterocycles. The van der Waals surface area contributed by atoms with E-state index in [0.29, 0.717) is 13.1 Å². The molecule has 6 aromatic carbocycles. The van der Waals surface area contributed by atoms with Gasteiger partial charge in [0, 0.05) is 31.1 Å². The van der Waals surface area contributed by atoms with Crippen molar-refractivity contribution in [3.05, 3.63) is 215 Å². The molecular weight excluding hydrogens is 735 g/mol. The quantitative estimate of drug-likeness (QED) is 0.0632. The van der Waals surface area contributed by atoms with E-state index in [4.69, 9.17) is 0 Å². The highest BCUT2D eigenvalue weighted by molar-refractivity contribution is 8.00. The second-order valence-corrected chi connectivity index (χ2v) is 17.4. The van der Waals surface area contributed by atoms with Gasteiger partial charge in [0.2, 0.25) is 5.91 Å². The van der Waals surface area contributed by atoms with E-state index in [9.17, 15) is 4.79 Å². The summed E-state index contributed by atoms with van der Waals surface area (Å²) in [6, 6.07) is 64.6. The molecule has 7 rings (SSSR count). The van der Waals surface area contributed by atoms with E-state index in [1.54, 1.807) is 0 Å². The van der Waals surface area contributed by atoms with Gasteiger partial charge in [-0.1, -0.05) is 188 Å². The van der Waals surface area contributed by atoms with Gasteiger partial charge >= 0.3 is 0 Å². The first kappa shape index (κ1) is 40.6. The van der Waals surface area contributed by atoms with Gasteiger partial charge in [-0.05, 0) is 65.7 Å². The van der Waals surface area contributed by atoms with Gasteiger partial charge in [0.05, 0.1) is 15.5 Å². The Labute approximate surface area is 348 Å². The first-order valence-corrected chi connectivity index (χ1v) is 22.5. The zero-order valence-corrected chi connectivity index (χ0v) is 34.5. The number of thioether (sulfide) groups is 2. The monoisotopic (exact) mass is 789 g/mol. The van der Waals surface area contributed by atoms with Gasteiger partial charge in [-0.2, -0.15) is 0 Å². The number of likely N-dealkylation sites (tertiary alicyclic amines) is 1. The molecule has 6 heteroatoms. The summed E-state index contributed by atoms with van der Waals surface area (Å²) in [6.45, 7) is 4.46. The number of rotatable bonds is 19. The van der Waals surface area contributed by atoms with Crippen LogP contribution in [0.3, 0.4) is 0 Å². The van der Waals surface area contributed by atoms with Crippen LogP contribution in [0.2, 0.25) is 0 Å². The van der Waals surface area contributed by atoms with Gasteiger partial charge in [-0.3, -0.25) is 4.79 Å². The molecule has 1 atom stereocenters. The SMILES string of the molecule is O=C(NCCSC(c1ccccc1)(c1ccccc1)c1ccccc1)C(CCN1CCCCC1)NCCSC(c1ccccc1)(c1ccccc1)c1ccccc1. The van der Waals surface area contributed by atoms with Crippen molar-refractivity contribution in [2.75, 3.05) is 44.2 Å². The Morgan fingerprint density at radius 3 is 1.18 bits per heavy atom. The highest BCUT2D eigenvalue weighted by Gasteiger charge is 2.38. The second kappa shape index (κ2) is 20.7. The van der Waals surface area contributed by atoms with Crippen molar-refractivity contribution in [3.63, 3.8) is 0 Å². The third-order valence-electron chi connectivity index (χ3n) is 11.1. The van der Waals surface area contributed by atoms with Crippen molar-refractivity contribution >= 4 is 29.4 Å². The highest BCUT2D eigenvalue weighted by Crippen LogP contribution is 2.49. The van der Waals surface area contributed by atoms with E-state index < -0.39 is 9.49 Å². The van der Waals surface area contributed by atoms with E-state index in [-0.39, 0.29) is 11.9 Å². The molecule has 0 bridgehead atoms. The number of hydrogen-bond acceptors (Lipinski definition) is 5. The smallest absolute Gasteiger partial charge is 0.237 e. The minimum absolute atomic E-state index is 0.0859. The maximum Gasteiger partial charge on any atom is 0.237 e. The minimum Gasteiger partial charge on any atom is -0.354 e. The van der Waals surface area contributed by atoms with Crippen molar-refractivity contribution in [2.45, 2.75) is 41.2 Å².